The van der Waals surface area contributed by atoms with Crippen LogP contribution in [0.3, 0.4) is 0 Å². The number of nitrogens with zero attached hydrogens (tertiary/aromatic N) is 3. The molecule has 9 heteroatoms. The summed E-state index contributed by atoms with van der Waals surface area (Å²) < 4.78 is 7.15. The number of primary amides is 1. The van der Waals surface area contributed by atoms with E-state index < -0.39 is 11.9 Å². The fourth-order valence-electron chi connectivity index (χ4n) is 4.27. The highest BCUT2D eigenvalue weighted by molar-refractivity contribution is 5.94. The van der Waals surface area contributed by atoms with Crippen LogP contribution in [0.15, 0.2) is 47.3 Å². The zero-order chi connectivity index (χ0) is 21.5. The molecule has 158 valence electrons. The number of nitrogens with two attached hydrogens (primary N) is 1. The molecule has 1 unspecified atom stereocenters. The molecule has 2 amide bonds. The van der Waals surface area contributed by atoms with Crippen molar-refractivity contribution in [1.82, 2.24) is 9.55 Å². The summed E-state index contributed by atoms with van der Waals surface area (Å²) in [7, 11) is 0. The van der Waals surface area contributed by atoms with E-state index in [9.17, 15) is 14.4 Å². The third-order valence-electron chi connectivity index (χ3n) is 5.77. The van der Waals surface area contributed by atoms with Gasteiger partial charge in [-0.3, -0.25) is 24.3 Å². The molecule has 9 nitrogen and oxygen atoms in total. The SMILES string of the molecule is NC(=O)C(CCOc1ccc2nc3n(c(=O)c2c1)CC(=O)N3)N1CCc2ccccc21. The second-order valence-corrected chi connectivity index (χ2v) is 7.68. The molecular formula is C22H21N5O4. The highest BCUT2D eigenvalue weighted by atomic mass is 16.5. The van der Waals surface area contributed by atoms with Crippen LogP contribution in [0.5, 0.6) is 5.75 Å². The van der Waals surface area contributed by atoms with Crippen molar-refractivity contribution in [2.24, 2.45) is 5.73 Å². The minimum Gasteiger partial charge on any atom is -0.493 e. The zero-order valence-electron chi connectivity index (χ0n) is 16.7. The maximum atomic E-state index is 12.7. The van der Waals surface area contributed by atoms with Crippen LogP contribution in [0.2, 0.25) is 0 Å². The lowest BCUT2D eigenvalue weighted by Gasteiger charge is -2.28. The number of rotatable bonds is 6. The number of ether oxygens (including phenoxy) is 1. The molecule has 0 spiro atoms. The Morgan fingerprint density at radius 1 is 1.23 bits per heavy atom. The number of hydrogen-bond acceptors (Lipinski definition) is 6. The molecule has 2 aromatic carbocycles. The van der Waals surface area contributed by atoms with Crippen molar-refractivity contribution in [3.8, 4) is 5.75 Å². The average Bonchev–Trinajstić information content (AvgIpc) is 3.34. The van der Waals surface area contributed by atoms with E-state index in [0.717, 1.165) is 18.7 Å². The van der Waals surface area contributed by atoms with Crippen molar-refractivity contribution in [3.63, 3.8) is 0 Å². The lowest BCUT2D eigenvalue weighted by Crippen LogP contribution is -2.45. The van der Waals surface area contributed by atoms with Crippen molar-refractivity contribution in [2.45, 2.75) is 25.4 Å². The van der Waals surface area contributed by atoms with Gasteiger partial charge in [0.1, 0.15) is 18.3 Å². The van der Waals surface area contributed by atoms with Gasteiger partial charge in [0.25, 0.3) is 5.56 Å². The lowest BCUT2D eigenvalue weighted by molar-refractivity contribution is -0.119. The minimum atomic E-state index is -0.475. The first-order valence-electron chi connectivity index (χ1n) is 10.1. The Morgan fingerprint density at radius 3 is 2.90 bits per heavy atom. The summed E-state index contributed by atoms with van der Waals surface area (Å²) in [5, 5.41) is 2.94. The number of carbonyl (C=O) groups excluding carboxylic acids is 2. The molecular weight excluding hydrogens is 398 g/mol. The van der Waals surface area contributed by atoms with Crippen molar-refractivity contribution < 1.29 is 14.3 Å². The molecule has 0 saturated carbocycles. The predicted octanol–water partition coefficient (Wildman–Crippen LogP) is 1.03. The third-order valence-corrected chi connectivity index (χ3v) is 5.77. The number of amides is 2. The number of hydrogen-bond donors (Lipinski definition) is 2. The molecule has 0 radical (unpaired) electrons. The monoisotopic (exact) mass is 419 g/mol. The Morgan fingerprint density at radius 2 is 2.06 bits per heavy atom. The number of nitrogens with one attached hydrogen (secondary N) is 1. The van der Waals surface area contributed by atoms with Gasteiger partial charge in [-0.2, -0.15) is 0 Å². The highest BCUT2D eigenvalue weighted by Gasteiger charge is 2.29. The molecule has 0 saturated heterocycles. The normalized spacial score (nSPS) is 15.5. The summed E-state index contributed by atoms with van der Waals surface area (Å²) in [4.78, 5) is 42.7. The Hall–Kier alpha value is -3.88. The summed E-state index contributed by atoms with van der Waals surface area (Å²) in [6, 6.07) is 12.5. The zero-order valence-corrected chi connectivity index (χ0v) is 16.7. The average molecular weight is 419 g/mol. The van der Waals surface area contributed by atoms with Gasteiger partial charge in [-0.1, -0.05) is 18.2 Å². The van der Waals surface area contributed by atoms with Gasteiger partial charge in [-0.05, 0) is 36.2 Å². The first kappa shape index (κ1) is 19.1. The first-order valence-corrected chi connectivity index (χ1v) is 10.1. The van der Waals surface area contributed by atoms with E-state index in [1.165, 1.54) is 10.1 Å². The fourth-order valence-corrected chi connectivity index (χ4v) is 4.27. The second kappa shape index (κ2) is 7.42. The molecule has 2 aliphatic rings. The predicted molar refractivity (Wildman–Crippen MR) is 115 cm³/mol. The smallest absolute Gasteiger partial charge is 0.263 e. The molecule has 31 heavy (non-hydrogen) atoms. The summed E-state index contributed by atoms with van der Waals surface area (Å²) in [6.45, 7) is 0.959. The minimum absolute atomic E-state index is 0.0419. The van der Waals surface area contributed by atoms with Crippen LogP contribution in [-0.4, -0.2) is 40.6 Å². The van der Waals surface area contributed by atoms with Crippen LogP contribution in [0.4, 0.5) is 11.6 Å². The molecule has 2 aliphatic heterocycles. The Bertz CT molecular complexity index is 1270. The number of fused-ring (bicyclic) bond motifs is 3. The number of anilines is 2. The number of carbonyl (C=O) groups is 2. The second-order valence-electron chi connectivity index (χ2n) is 7.68. The van der Waals surface area contributed by atoms with Crippen molar-refractivity contribution >= 4 is 34.4 Å². The van der Waals surface area contributed by atoms with E-state index in [1.54, 1.807) is 18.2 Å². The van der Waals surface area contributed by atoms with E-state index in [-0.39, 0.29) is 30.6 Å². The maximum absolute atomic E-state index is 12.7. The molecule has 3 N–H and O–H groups in total. The Kier molecular flexibility index (Phi) is 4.58. The molecule has 0 aliphatic carbocycles. The van der Waals surface area contributed by atoms with Gasteiger partial charge >= 0.3 is 0 Å². The number of aromatic nitrogens is 2. The van der Waals surface area contributed by atoms with Gasteiger partial charge in [-0.15, -0.1) is 0 Å². The van der Waals surface area contributed by atoms with Gasteiger partial charge in [0, 0.05) is 18.7 Å². The van der Waals surface area contributed by atoms with E-state index in [4.69, 9.17) is 10.5 Å². The van der Waals surface area contributed by atoms with Crippen LogP contribution in [-0.2, 0) is 22.6 Å². The number of benzene rings is 2. The van der Waals surface area contributed by atoms with E-state index in [2.05, 4.69) is 16.4 Å². The number of para-hydroxylation sites is 1. The molecule has 1 atom stereocenters. The molecule has 1 aromatic heterocycles. The summed E-state index contributed by atoms with van der Waals surface area (Å²) in [6.07, 6.45) is 1.30. The summed E-state index contributed by atoms with van der Waals surface area (Å²) >= 11 is 0. The molecule has 0 bridgehead atoms. The third kappa shape index (κ3) is 3.37. The quantitative estimate of drug-likeness (QED) is 0.616. The van der Waals surface area contributed by atoms with Gasteiger partial charge in [0.2, 0.25) is 17.8 Å². The van der Waals surface area contributed by atoms with E-state index >= 15 is 0 Å². The van der Waals surface area contributed by atoms with Crippen LogP contribution in [0.25, 0.3) is 10.9 Å². The van der Waals surface area contributed by atoms with E-state index in [0.29, 0.717) is 23.1 Å². The summed E-state index contributed by atoms with van der Waals surface area (Å²) in [5.74, 6) is 0.0898. The standard InChI is InChI=1S/C22H21N5O4/c23-20(29)18(26-9-7-13-3-1-2-4-17(13)26)8-10-31-14-5-6-16-15(11-14)21(30)27-12-19(28)25-22(27)24-16/h1-6,11,18H,7-10,12H2,(H2,23,29)(H,24,25,28). The van der Waals surface area contributed by atoms with Crippen LogP contribution in [0, 0.1) is 0 Å². The highest BCUT2D eigenvalue weighted by Crippen LogP contribution is 2.30. The van der Waals surface area contributed by atoms with Gasteiger partial charge in [-0.25, -0.2) is 4.98 Å². The largest absolute Gasteiger partial charge is 0.493 e. The first-order chi connectivity index (χ1) is 15.0. The lowest BCUT2D eigenvalue weighted by atomic mass is 10.1. The Labute approximate surface area is 177 Å². The molecule has 5 rings (SSSR count). The Balaban J connectivity index is 1.32. The van der Waals surface area contributed by atoms with E-state index in [1.807, 2.05) is 23.1 Å². The van der Waals surface area contributed by atoms with Crippen LogP contribution >= 0.6 is 0 Å². The molecule has 3 aromatic rings. The fraction of sp³-hybridized carbons (Fsp3) is 0.273. The van der Waals surface area contributed by atoms with Gasteiger partial charge < -0.3 is 15.4 Å². The topological polar surface area (TPSA) is 120 Å². The van der Waals surface area contributed by atoms with Crippen molar-refractivity contribution in [2.75, 3.05) is 23.4 Å². The molecule has 0 fully saturated rings. The molecule has 3 heterocycles. The van der Waals surface area contributed by atoms with Crippen molar-refractivity contribution in [1.29, 1.82) is 0 Å². The summed E-state index contributed by atoms with van der Waals surface area (Å²) in [5.41, 5.74) is 8.11. The van der Waals surface area contributed by atoms with Gasteiger partial charge in [0.15, 0.2) is 0 Å². The van der Waals surface area contributed by atoms with Crippen LogP contribution in [0.1, 0.15) is 12.0 Å². The maximum Gasteiger partial charge on any atom is 0.263 e. The van der Waals surface area contributed by atoms with Crippen LogP contribution < -0.4 is 26.2 Å². The van der Waals surface area contributed by atoms with Crippen molar-refractivity contribution in [3.05, 3.63) is 58.4 Å². The van der Waals surface area contributed by atoms with Gasteiger partial charge in [0.05, 0.1) is 17.5 Å².